The summed E-state index contributed by atoms with van der Waals surface area (Å²) in [4.78, 5) is 11.4. The minimum atomic E-state index is -0.347. The third-order valence-electron chi connectivity index (χ3n) is 4.25. The van der Waals surface area contributed by atoms with Crippen LogP contribution in [-0.4, -0.2) is 5.91 Å². The summed E-state index contributed by atoms with van der Waals surface area (Å²) in [6.45, 7) is 0. The maximum absolute atomic E-state index is 11.4. The average molecular weight is 253 g/mol. The van der Waals surface area contributed by atoms with Crippen LogP contribution in [0.25, 0.3) is 10.8 Å². The third kappa shape index (κ3) is 2.35. The van der Waals surface area contributed by atoms with Gasteiger partial charge in [-0.15, -0.1) is 0 Å². The Morgan fingerprint density at radius 2 is 1.84 bits per heavy atom. The van der Waals surface area contributed by atoms with Gasteiger partial charge < -0.3 is 5.73 Å². The highest BCUT2D eigenvalue weighted by Gasteiger charge is 2.17. The molecule has 0 saturated heterocycles. The number of benzene rings is 2. The zero-order valence-electron chi connectivity index (χ0n) is 11.1. The van der Waals surface area contributed by atoms with Crippen LogP contribution in [0.5, 0.6) is 0 Å². The quantitative estimate of drug-likeness (QED) is 0.864. The Labute approximate surface area is 113 Å². The Kier molecular flexibility index (Phi) is 3.24. The van der Waals surface area contributed by atoms with Gasteiger partial charge in [-0.25, -0.2) is 0 Å². The zero-order valence-corrected chi connectivity index (χ0v) is 11.1. The molecule has 3 rings (SSSR count). The monoisotopic (exact) mass is 253 g/mol. The number of carbonyl (C=O) groups is 1. The molecule has 2 aromatic rings. The average Bonchev–Trinajstić information content (AvgIpc) is 2.47. The Morgan fingerprint density at radius 1 is 1.05 bits per heavy atom. The van der Waals surface area contributed by atoms with Crippen molar-refractivity contribution in [3.63, 3.8) is 0 Å². The largest absolute Gasteiger partial charge is 0.366 e. The summed E-state index contributed by atoms with van der Waals surface area (Å²) >= 11 is 0. The van der Waals surface area contributed by atoms with Crippen molar-refractivity contribution in [2.24, 2.45) is 5.73 Å². The summed E-state index contributed by atoms with van der Waals surface area (Å²) in [5, 5.41) is 2.40. The van der Waals surface area contributed by atoms with Crippen LogP contribution in [0, 0.1) is 0 Å². The summed E-state index contributed by atoms with van der Waals surface area (Å²) in [7, 11) is 0. The summed E-state index contributed by atoms with van der Waals surface area (Å²) in [6.07, 6.45) is 6.51. The lowest BCUT2D eigenvalue weighted by molar-refractivity contribution is 0.100. The molecule has 19 heavy (non-hydrogen) atoms. The lowest BCUT2D eigenvalue weighted by atomic mass is 9.82. The summed E-state index contributed by atoms with van der Waals surface area (Å²) in [5.74, 6) is 0.293. The molecule has 98 valence electrons. The number of primary amides is 1. The van der Waals surface area contributed by atoms with Crippen LogP contribution in [-0.2, 0) is 0 Å². The topological polar surface area (TPSA) is 43.1 Å². The van der Waals surface area contributed by atoms with E-state index in [2.05, 4.69) is 18.2 Å². The lowest BCUT2D eigenvalue weighted by Crippen LogP contribution is -2.11. The fourth-order valence-corrected chi connectivity index (χ4v) is 3.22. The van der Waals surface area contributed by atoms with Gasteiger partial charge in [0.15, 0.2) is 0 Å². The summed E-state index contributed by atoms with van der Waals surface area (Å²) < 4.78 is 0. The van der Waals surface area contributed by atoms with Gasteiger partial charge in [0, 0.05) is 5.56 Å². The van der Waals surface area contributed by atoms with Gasteiger partial charge in [0.2, 0.25) is 5.91 Å². The van der Waals surface area contributed by atoms with Crippen LogP contribution in [0.3, 0.4) is 0 Å². The van der Waals surface area contributed by atoms with Crippen molar-refractivity contribution in [1.29, 1.82) is 0 Å². The standard InChI is InChI=1S/C17H19NO/c18-17(19)14-10-9-13-7-4-8-15(16(13)11-14)12-5-2-1-3-6-12/h4,7-12H,1-3,5-6H2,(H2,18,19). The second kappa shape index (κ2) is 5.04. The first kappa shape index (κ1) is 12.2. The van der Waals surface area contributed by atoms with E-state index in [0.717, 1.165) is 0 Å². The minimum absolute atomic E-state index is 0.347. The molecule has 1 amide bonds. The molecule has 0 heterocycles. The zero-order chi connectivity index (χ0) is 13.2. The fourth-order valence-electron chi connectivity index (χ4n) is 3.22. The van der Waals surface area contributed by atoms with Crippen molar-refractivity contribution in [2.75, 3.05) is 0 Å². The maximum atomic E-state index is 11.4. The molecule has 0 bridgehead atoms. The van der Waals surface area contributed by atoms with Crippen molar-refractivity contribution >= 4 is 16.7 Å². The highest BCUT2D eigenvalue weighted by molar-refractivity contribution is 5.98. The third-order valence-corrected chi connectivity index (χ3v) is 4.25. The van der Waals surface area contributed by atoms with Gasteiger partial charge in [0.25, 0.3) is 0 Å². The first-order valence-corrected chi connectivity index (χ1v) is 7.08. The minimum Gasteiger partial charge on any atom is -0.366 e. The van der Waals surface area contributed by atoms with Crippen LogP contribution in [0.15, 0.2) is 36.4 Å². The predicted octanol–water partition coefficient (Wildman–Crippen LogP) is 3.99. The number of hydrogen-bond acceptors (Lipinski definition) is 1. The van der Waals surface area contributed by atoms with E-state index >= 15 is 0 Å². The van der Waals surface area contributed by atoms with Gasteiger partial charge in [0.05, 0.1) is 0 Å². The van der Waals surface area contributed by atoms with Crippen molar-refractivity contribution in [3.8, 4) is 0 Å². The number of carbonyl (C=O) groups excluding carboxylic acids is 1. The molecule has 2 N–H and O–H groups in total. The van der Waals surface area contributed by atoms with Gasteiger partial charge >= 0.3 is 0 Å². The molecule has 0 atom stereocenters. The first-order chi connectivity index (χ1) is 9.25. The molecule has 0 aromatic heterocycles. The van der Waals surface area contributed by atoms with Gasteiger partial charge in [-0.1, -0.05) is 43.5 Å². The maximum Gasteiger partial charge on any atom is 0.248 e. The number of nitrogens with two attached hydrogens (primary N) is 1. The second-order valence-electron chi connectivity index (χ2n) is 5.48. The van der Waals surface area contributed by atoms with Crippen molar-refractivity contribution in [1.82, 2.24) is 0 Å². The normalized spacial score (nSPS) is 16.6. The fraction of sp³-hybridized carbons (Fsp3) is 0.353. The summed E-state index contributed by atoms with van der Waals surface area (Å²) in [6, 6.07) is 12.2. The van der Waals surface area contributed by atoms with E-state index in [1.165, 1.54) is 48.4 Å². The molecule has 2 heteroatoms. The molecule has 0 aliphatic heterocycles. The van der Waals surface area contributed by atoms with E-state index in [-0.39, 0.29) is 5.91 Å². The lowest BCUT2D eigenvalue weighted by Gasteiger charge is -2.23. The molecule has 0 radical (unpaired) electrons. The number of hydrogen-bond donors (Lipinski definition) is 1. The van der Waals surface area contributed by atoms with Gasteiger partial charge in [0.1, 0.15) is 0 Å². The van der Waals surface area contributed by atoms with E-state index in [9.17, 15) is 4.79 Å². The molecule has 0 unspecified atom stereocenters. The number of fused-ring (bicyclic) bond motifs is 1. The first-order valence-electron chi connectivity index (χ1n) is 7.08. The molecule has 2 nitrogen and oxygen atoms in total. The van der Waals surface area contributed by atoms with E-state index in [0.29, 0.717) is 11.5 Å². The molecule has 1 saturated carbocycles. The molecule has 1 aliphatic rings. The highest BCUT2D eigenvalue weighted by Crippen LogP contribution is 2.36. The van der Waals surface area contributed by atoms with Gasteiger partial charge in [-0.3, -0.25) is 4.79 Å². The molecule has 0 spiro atoms. The van der Waals surface area contributed by atoms with E-state index in [1.54, 1.807) is 0 Å². The molecule has 1 fully saturated rings. The molecular weight excluding hydrogens is 234 g/mol. The van der Waals surface area contributed by atoms with Crippen molar-refractivity contribution < 1.29 is 4.79 Å². The van der Waals surface area contributed by atoms with Crippen LogP contribution in [0.2, 0.25) is 0 Å². The van der Waals surface area contributed by atoms with Crippen LogP contribution >= 0.6 is 0 Å². The Hall–Kier alpha value is -1.83. The van der Waals surface area contributed by atoms with Gasteiger partial charge in [-0.05, 0) is 47.2 Å². The van der Waals surface area contributed by atoms with Crippen LogP contribution in [0.1, 0.15) is 53.9 Å². The Morgan fingerprint density at radius 3 is 2.58 bits per heavy atom. The van der Waals surface area contributed by atoms with Crippen molar-refractivity contribution in [2.45, 2.75) is 38.0 Å². The van der Waals surface area contributed by atoms with E-state index < -0.39 is 0 Å². The predicted molar refractivity (Wildman–Crippen MR) is 78.3 cm³/mol. The molecular formula is C17H19NO. The SMILES string of the molecule is NC(=O)c1ccc2cccc(C3CCCCC3)c2c1. The smallest absolute Gasteiger partial charge is 0.248 e. The highest BCUT2D eigenvalue weighted by atomic mass is 16.1. The van der Waals surface area contributed by atoms with Crippen LogP contribution in [0.4, 0.5) is 0 Å². The van der Waals surface area contributed by atoms with Crippen LogP contribution < -0.4 is 5.73 Å². The Balaban J connectivity index is 2.11. The number of amides is 1. The van der Waals surface area contributed by atoms with E-state index in [1.807, 2.05) is 18.2 Å². The van der Waals surface area contributed by atoms with Crippen molar-refractivity contribution in [3.05, 3.63) is 47.5 Å². The second-order valence-corrected chi connectivity index (χ2v) is 5.48. The van der Waals surface area contributed by atoms with Gasteiger partial charge in [-0.2, -0.15) is 0 Å². The summed E-state index contributed by atoms with van der Waals surface area (Å²) in [5.41, 5.74) is 7.39. The molecule has 1 aliphatic carbocycles. The Bertz CT molecular complexity index is 612. The van der Waals surface area contributed by atoms with E-state index in [4.69, 9.17) is 5.73 Å². The number of rotatable bonds is 2. The molecule has 2 aromatic carbocycles.